The summed E-state index contributed by atoms with van der Waals surface area (Å²) in [4.78, 5) is 16.6. The fourth-order valence-electron chi connectivity index (χ4n) is 3.87. The number of unbranched alkanes of at least 4 members (excludes halogenated alkanes) is 2. The van der Waals surface area contributed by atoms with Crippen molar-refractivity contribution in [3.8, 4) is 5.75 Å². The molecule has 0 bridgehead atoms. The van der Waals surface area contributed by atoms with E-state index in [2.05, 4.69) is 73.1 Å². The molecule has 0 unspecified atom stereocenters. The summed E-state index contributed by atoms with van der Waals surface area (Å²) in [6.07, 6.45) is 4.04. The Morgan fingerprint density at radius 2 is 1.76 bits per heavy atom. The zero-order chi connectivity index (χ0) is 23.8. The maximum absolute atomic E-state index is 11.7. The highest BCUT2D eigenvalue weighted by atomic mass is 16.5. The highest BCUT2D eigenvalue weighted by molar-refractivity contribution is 5.77. The SMILES string of the molecule is CC(C)C(=O)NCCCCCc1nc2ccccc2n1CCOc1ccc(C(C)(C)C)cc1. The molecule has 2 aromatic carbocycles. The molecule has 1 N–H and O–H groups in total. The minimum absolute atomic E-state index is 0.0450. The maximum Gasteiger partial charge on any atom is 0.222 e. The summed E-state index contributed by atoms with van der Waals surface area (Å²) >= 11 is 0. The van der Waals surface area contributed by atoms with Crippen LogP contribution in [0.2, 0.25) is 0 Å². The lowest BCUT2D eigenvalue weighted by Crippen LogP contribution is -2.28. The predicted octanol–water partition coefficient (Wildman–Crippen LogP) is 5.90. The molecule has 33 heavy (non-hydrogen) atoms. The van der Waals surface area contributed by atoms with E-state index in [1.54, 1.807) is 0 Å². The van der Waals surface area contributed by atoms with Crippen LogP contribution in [0, 0.1) is 5.92 Å². The first-order valence-electron chi connectivity index (χ1n) is 12.2. The molecule has 0 aliphatic rings. The molecule has 0 fully saturated rings. The van der Waals surface area contributed by atoms with Gasteiger partial charge in [-0.15, -0.1) is 0 Å². The van der Waals surface area contributed by atoms with Crippen molar-refractivity contribution in [1.82, 2.24) is 14.9 Å². The first kappa shape index (κ1) is 24.8. The third-order valence-corrected chi connectivity index (χ3v) is 5.94. The number of aromatic nitrogens is 2. The Labute approximate surface area is 198 Å². The number of carbonyl (C=O) groups is 1. The number of nitrogens with one attached hydrogen (secondary N) is 1. The first-order valence-corrected chi connectivity index (χ1v) is 12.2. The number of rotatable bonds is 11. The minimum Gasteiger partial charge on any atom is -0.492 e. The van der Waals surface area contributed by atoms with Gasteiger partial charge >= 0.3 is 0 Å². The normalized spacial score (nSPS) is 11.8. The number of amides is 1. The second-order valence-electron chi connectivity index (χ2n) is 10.0. The first-order chi connectivity index (χ1) is 15.8. The number of benzene rings is 2. The molecule has 0 saturated carbocycles. The van der Waals surface area contributed by atoms with Crippen LogP contribution in [0.4, 0.5) is 0 Å². The van der Waals surface area contributed by atoms with Gasteiger partial charge in [-0.2, -0.15) is 0 Å². The summed E-state index contributed by atoms with van der Waals surface area (Å²) < 4.78 is 8.35. The van der Waals surface area contributed by atoms with Crippen molar-refractivity contribution >= 4 is 16.9 Å². The van der Waals surface area contributed by atoms with Crippen molar-refractivity contribution in [3.63, 3.8) is 0 Å². The Balaban J connectivity index is 1.54. The monoisotopic (exact) mass is 449 g/mol. The van der Waals surface area contributed by atoms with Crippen LogP contribution in [0.3, 0.4) is 0 Å². The van der Waals surface area contributed by atoms with E-state index in [1.165, 1.54) is 5.56 Å². The Morgan fingerprint density at radius 1 is 1.03 bits per heavy atom. The van der Waals surface area contributed by atoms with Crippen LogP contribution < -0.4 is 10.1 Å². The van der Waals surface area contributed by atoms with Gasteiger partial charge in [0, 0.05) is 18.9 Å². The Hall–Kier alpha value is -2.82. The highest BCUT2D eigenvalue weighted by Gasteiger charge is 2.14. The molecule has 3 aromatic rings. The highest BCUT2D eigenvalue weighted by Crippen LogP contribution is 2.24. The fraction of sp³-hybridized carbons (Fsp3) is 0.500. The molecule has 0 spiro atoms. The molecule has 1 aromatic heterocycles. The molecule has 0 aliphatic carbocycles. The number of para-hydroxylation sites is 2. The molecule has 1 heterocycles. The number of hydrogen-bond acceptors (Lipinski definition) is 3. The van der Waals surface area contributed by atoms with Crippen LogP contribution in [-0.2, 0) is 23.2 Å². The van der Waals surface area contributed by atoms with Gasteiger partial charge in [-0.05, 0) is 48.1 Å². The van der Waals surface area contributed by atoms with E-state index < -0.39 is 0 Å². The van der Waals surface area contributed by atoms with Crippen LogP contribution in [0.1, 0.15) is 65.3 Å². The second-order valence-corrected chi connectivity index (χ2v) is 10.0. The maximum atomic E-state index is 11.7. The van der Waals surface area contributed by atoms with Crippen molar-refractivity contribution in [2.24, 2.45) is 5.92 Å². The van der Waals surface area contributed by atoms with Crippen molar-refractivity contribution < 1.29 is 9.53 Å². The Morgan fingerprint density at radius 3 is 2.45 bits per heavy atom. The lowest BCUT2D eigenvalue weighted by molar-refractivity contribution is -0.123. The second kappa shape index (κ2) is 11.4. The fourth-order valence-corrected chi connectivity index (χ4v) is 3.87. The van der Waals surface area contributed by atoms with Gasteiger partial charge in [0.05, 0.1) is 17.6 Å². The molecule has 178 valence electrons. The average molecular weight is 450 g/mol. The van der Waals surface area contributed by atoms with E-state index >= 15 is 0 Å². The summed E-state index contributed by atoms with van der Waals surface area (Å²) in [5, 5.41) is 2.99. The number of nitrogens with zero attached hydrogens (tertiary/aromatic N) is 2. The Bertz CT molecular complexity index is 1030. The molecule has 0 aliphatic heterocycles. The van der Waals surface area contributed by atoms with E-state index in [0.717, 1.165) is 61.4 Å². The average Bonchev–Trinajstić information content (AvgIpc) is 3.13. The van der Waals surface area contributed by atoms with Crippen molar-refractivity contribution in [2.45, 2.75) is 72.3 Å². The van der Waals surface area contributed by atoms with E-state index in [1.807, 2.05) is 19.9 Å². The summed E-state index contributed by atoms with van der Waals surface area (Å²) in [6.45, 7) is 12.6. The number of fused-ring (bicyclic) bond motifs is 1. The molecular formula is C28H39N3O2. The van der Waals surface area contributed by atoms with Crippen LogP contribution in [0.25, 0.3) is 11.0 Å². The molecule has 0 atom stereocenters. The smallest absolute Gasteiger partial charge is 0.222 e. The van der Waals surface area contributed by atoms with Crippen LogP contribution in [0.15, 0.2) is 48.5 Å². The van der Waals surface area contributed by atoms with E-state index in [9.17, 15) is 4.79 Å². The number of hydrogen-bond donors (Lipinski definition) is 1. The van der Waals surface area contributed by atoms with Gasteiger partial charge in [-0.3, -0.25) is 4.79 Å². The van der Waals surface area contributed by atoms with Gasteiger partial charge in [0.15, 0.2) is 0 Å². The summed E-state index contributed by atoms with van der Waals surface area (Å²) in [5.41, 5.74) is 3.64. The van der Waals surface area contributed by atoms with Gasteiger partial charge in [0.2, 0.25) is 5.91 Å². The van der Waals surface area contributed by atoms with Crippen LogP contribution in [-0.4, -0.2) is 28.6 Å². The molecule has 5 heteroatoms. The summed E-state index contributed by atoms with van der Waals surface area (Å²) in [7, 11) is 0. The quantitative estimate of drug-likeness (QED) is 0.371. The number of carbonyl (C=O) groups excluding carboxylic acids is 1. The van der Waals surface area contributed by atoms with Crippen LogP contribution >= 0.6 is 0 Å². The standard InChI is InChI=1S/C28H39N3O2/c1-21(2)27(32)29-18-10-6-7-13-26-30-24-11-8-9-12-25(24)31(26)19-20-33-23-16-14-22(15-17-23)28(3,4)5/h8-9,11-12,14-17,21H,6-7,10,13,18-20H2,1-5H3,(H,29,32). The van der Waals surface area contributed by atoms with E-state index in [0.29, 0.717) is 6.61 Å². The molecule has 0 saturated heterocycles. The predicted molar refractivity (Wildman–Crippen MR) is 136 cm³/mol. The largest absolute Gasteiger partial charge is 0.492 e. The zero-order valence-electron chi connectivity index (χ0n) is 20.9. The van der Waals surface area contributed by atoms with Gasteiger partial charge in [0.1, 0.15) is 18.2 Å². The lowest BCUT2D eigenvalue weighted by Gasteiger charge is -2.19. The topological polar surface area (TPSA) is 56.2 Å². The Kier molecular flexibility index (Phi) is 8.54. The van der Waals surface area contributed by atoms with Gasteiger partial charge in [-0.1, -0.05) is 65.3 Å². The van der Waals surface area contributed by atoms with Crippen molar-refractivity contribution in [1.29, 1.82) is 0 Å². The molecule has 0 radical (unpaired) electrons. The minimum atomic E-state index is 0.0450. The van der Waals surface area contributed by atoms with Crippen molar-refractivity contribution in [3.05, 3.63) is 59.9 Å². The number of imidazole rings is 1. The van der Waals surface area contributed by atoms with Gasteiger partial charge < -0.3 is 14.6 Å². The summed E-state index contributed by atoms with van der Waals surface area (Å²) in [6, 6.07) is 16.7. The zero-order valence-corrected chi connectivity index (χ0v) is 20.9. The third kappa shape index (κ3) is 7.08. The lowest BCUT2D eigenvalue weighted by atomic mass is 9.87. The van der Waals surface area contributed by atoms with Crippen LogP contribution in [0.5, 0.6) is 5.75 Å². The van der Waals surface area contributed by atoms with Gasteiger partial charge in [0.25, 0.3) is 0 Å². The van der Waals surface area contributed by atoms with E-state index in [-0.39, 0.29) is 17.2 Å². The van der Waals surface area contributed by atoms with Gasteiger partial charge in [-0.25, -0.2) is 4.98 Å². The van der Waals surface area contributed by atoms with E-state index in [4.69, 9.17) is 9.72 Å². The number of ether oxygens (including phenoxy) is 1. The molecule has 3 rings (SSSR count). The number of aryl methyl sites for hydroxylation is 1. The molecule has 5 nitrogen and oxygen atoms in total. The molecule has 1 amide bonds. The third-order valence-electron chi connectivity index (χ3n) is 5.94. The molecular weight excluding hydrogens is 410 g/mol. The van der Waals surface area contributed by atoms with Crippen molar-refractivity contribution in [2.75, 3.05) is 13.2 Å². The summed E-state index contributed by atoms with van der Waals surface area (Å²) in [5.74, 6) is 2.18.